The third-order valence-corrected chi connectivity index (χ3v) is 4.77. The predicted molar refractivity (Wildman–Crippen MR) is 96.6 cm³/mol. The Balaban J connectivity index is 1.79. The average molecular weight is 347 g/mol. The summed E-state index contributed by atoms with van der Waals surface area (Å²) in [6.07, 6.45) is 0. The van der Waals surface area contributed by atoms with Gasteiger partial charge >= 0.3 is 0 Å². The molecule has 0 spiro atoms. The summed E-state index contributed by atoms with van der Waals surface area (Å²) in [5.74, 6) is 3.46. The molecule has 0 atom stereocenters. The van der Waals surface area contributed by atoms with Gasteiger partial charge in [0.05, 0.1) is 25.5 Å². The monoisotopic (exact) mass is 347 g/mol. The molecule has 0 unspecified atom stereocenters. The van der Waals surface area contributed by atoms with Crippen molar-refractivity contribution in [1.29, 1.82) is 0 Å². The molecule has 2 aromatic rings. The van der Waals surface area contributed by atoms with Crippen LogP contribution in [-0.4, -0.2) is 50.8 Å². The molecule has 8 heteroatoms. The fraction of sp³-hybridized carbons (Fsp3) is 0.706. The minimum absolute atomic E-state index is 0.384. The lowest BCUT2D eigenvalue weighted by molar-refractivity contribution is 0.122. The Kier molecular flexibility index (Phi) is 5.39. The van der Waals surface area contributed by atoms with Crippen LogP contribution in [0.4, 0.5) is 5.82 Å². The third-order valence-electron chi connectivity index (χ3n) is 4.77. The number of rotatable bonds is 6. The van der Waals surface area contributed by atoms with Crippen molar-refractivity contribution >= 4 is 5.82 Å². The van der Waals surface area contributed by atoms with E-state index in [0.29, 0.717) is 12.5 Å². The molecule has 0 bridgehead atoms. The van der Waals surface area contributed by atoms with Crippen LogP contribution >= 0.6 is 0 Å². The van der Waals surface area contributed by atoms with Crippen molar-refractivity contribution in [2.24, 2.45) is 14.1 Å². The molecule has 0 saturated carbocycles. The largest absolute Gasteiger partial charge is 0.378 e. The number of aromatic nitrogens is 5. The van der Waals surface area contributed by atoms with E-state index in [9.17, 15) is 0 Å². The molecular formula is C17H29N7O. The lowest BCUT2D eigenvalue weighted by Gasteiger charge is -2.29. The highest BCUT2D eigenvalue weighted by molar-refractivity contribution is 5.51. The number of nitrogens with one attached hydrogen (secondary N) is 1. The maximum Gasteiger partial charge on any atom is 0.146 e. The molecule has 0 radical (unpaired) electrons. The van der Waals surface area contributed by atoms with E-state index in [1.807, 2.05) is 30.3 Å². The van der Waals surface area contributed by atoms with Crippen LogP contribution in [0.15, 0.2) is 0 Å². The van der Waals surface area contributed by atoms with Gasteiger partial charge < -0.3 is 19.5 Å². The van der Waals surface area contributed by atoms with Crippen LogP contribution in [0.1, 0.15) is 42.7 Å². The van der Waals surface area contributed by atoms with Crippen molar-refractivity contribution < 1.29 is 4.74 Å². The number of aryl methyl sites for hydroxylation is 2. The zero-order valence-electron chi connectivity index (χ0n) is 15.9. The minimum Gasteiger partial charge on any atom is -0.378 e. The van der Waals surface area contributed by atoms with Crippen LogP contribution < -0.4 is 10.2 Å². The summed E-state index contributed by atoms with van der Waals surface area (Å²) in [7, 11) is 4.03. The van der Waals surface area contributed by atoms with Gasteiger partial charge in [0.15, 0.2) is 0 Å². The molecule has 3 rings (SSSR count). The third kappa shape index (κ3) is 3.69. The van der Waals surface area contributed by atoms with Gasteiger partial charge in [-0.25, -0.2) is 0 Å². The van der Waals surface area contributed by atoms with E-state index in [0.717, 1.165) is 50.2 Å². The van der Waals surface area contributed by atoms with Gasteiger partial charge in [0.2, 0.25) is 0 Å². The van der Waals surface area contributed by atoms with Crippen LogP contribution in [0.25, 0.3) is 0 Å². The van der Waals surface area contributed by atoms with Crippen molar-refractivity contribution in [1.82, 2.24) is 29.9 Å². The van der Waals surface area contributed by atoms with Crippen molar-refractivity contribution in [2.75, 3.05) is 31.2 Å². The van der Waals surface area contributed by atoms with Crippen LogP contribution in [0, 0.1) is 6.92 Å². The lowest BCUT2D eigenvalue weighted by atomic mass is 10.0. The highest BCUT2D eigenvalue weighted by Gasteiger charge is 2.24. The molecule has 1 aliphatic rings. The summed E-state index contributed by atoms with van der Waals surface area (Å²) in [5.41, 5.74) is 2.43. The Labute approximate surface area is 149 Å². The van der Waals surface area contributed by atoms with Crippen LogP contribution in [-0.2, 0) is 31.9 Å². The van der Waals surface area contributed by atoms with E-state index >= 15 is 0 Å². The molecule has 25 heavy (non-hydrogen) atoms. The zero-order chi connectivity index (χ0) is 18.0. The van der Waals surface area contributed by atoms with E-state index < -0.39 is 0 Å². The maximum absolute atomic E-state index is 5.50. The molecule has 0 aromatic carbocycles. The number of morpholine rings is 1. The van der Waals surface area contributed by atoms with Crippen LogP contribution in [0.3, 0.4) is 0 Å². The summed E-state index contributed by atoms with van der Waals surface area (Å²) < 4.78 is 9.54. The Morgan fingerprint density at radius 1 is 1.12 bits per heavy atom. The van der Waals surface area contributed by atoms with Gasteiger partial charge in [-0.2, -0.15) is 5.10 Å². The smallest absolute Gasteiger partial charge is 0.146 e. The molecule has 1 aliphatic heterocycles. The Bertz CT molecular complexity index is 713. The SMILES string of the molecule is Cc1nnc(CNCc2c(C(C)C)nn(C)c2N2CCOCC2)n1C. The quantitative estimate of drug-likeness (QED) is 0.844. The molecule has 1 fully saturated rings. The molecule has 0 amide bonds. The van der Waals surface area contributed by atoms with E-state index in [1.165, 1.54) is 11.4 Å². The summed E-state index contributed by atoms with van der Waals surface area (Å²) in [4.78, 5) is 2.38. The molecule has 2 aromatic heterocycles. The molecule has 1 N–H and O–H groups in total. The zero-order valence-corrected chi connectivity index (χ0v) is 15.9. The van der Waals surface area contributed by atoms with Gasteiger partial charge in [-0.3, -0.25) is 4.68 Å². The van der Waals surface area contributed by atoms with Gasteiger partial charge in [0, 0.05) is 39.3 Å². The molecule has 1 saturated heterocycles. The number of nitrogens with zero attached hydrogens (tertiary/aromatic N) is 6. The number of ether oxygens (including phenoxy) is 1. The molecular weight excluding hydrogens is 318 g/mol. The lowest BCUT2D eigenvalue weighted by Crippen LogP contribution is -2.38. The van der Waals surface area contributed by atoms with Crippen molar-refractivity contribution in [2.45, 2.75) is 39.8 Å². The summed E-state index contributed by atoms with van der Waals surface area (Å²) in [6.45, 7) is 11.2. The van der Waals surface area contributed by atoms with Crippen molar-refractivity contribution in [3.63, 3.8) is 0 Å². The fourth-order valence-corrected chi connectivity index (χ4v) is 3.29. The highest BCUT2D eigenvalue weighted by Crippen LogP contribution is 2.29. The minimum atomic E-state index is 0.384. The van der Waals surface area contributed by atoms with E-state index in [1.54, 1.807) is 0 Å². The van der Waals surface area contributed by atoms with E-state index in [-0.39, 0.29) is 0 Å². The van der Waals surface area contributed by atoms with Crippen molar-refractivity contribution in [3.8, 4) is 0 Å². The standard InChI is InChI=1S/C17H29N7O/c1-12(2)16-14(10-18-11-15-20-19-13(3)22(15)4)17(23(5)21-16)24-6-8-25-9-7-24/h12,18H,6-11H2,1-5H3. The van der Waals surface area contributed by atoms with Crippen LogP contribution in [0.2, 0.25) is 0 Å². The average Bonchev–Trinajstić information content (AvgIpc) is 3.10. The van der Waals surface area contributed by atoms with Crippen molar-refractivity contribution in [3.05, 3.63) is 22.9 Å². The first-order chi connectivity index (χ1) is 12.0. The maximum atomic E-state index is 5.50. The van der Waals surface area contributed by atoms with Gasteiger partial charge in [0.25, 0.3) is 0 Å². The second-order valence-corrected chi connectivity index (χ2v) is 6.89. The second kappa shape index (κ2) is 7.53. The summed E-state index contributed by atoms with van der Waals surface area (Å²) >= 11 is 0. The Hall–Kier alpha value is -1.93. The van der Waals surface area contributed by atoms with Crippen LogP contribution in [0.5, 0.6) is 0 Å². The molecule has 0 aliphatic carbocycles. The topological polar surface area (TPSA) is 73.0 Å². The first-order valence-electron chi connectivity index (χ1n) is 8.93. The van der Waals surface area contributed by atoms with Gasteiger partial charge in [-0.05, 0) is 12.8 Å². The second-order valence-electron chi connectivity index (χ2n) is 6.89. The Morgan fingerprint density at radius 3 is 2.44 bits per heavy atom. The summed E-state index contributed by atoms with van der Waals surface area (Å²) in [5, 5.41) is 16.7. The number of hydrogen-bond acceptors (Lipinski definition) is 6. The highest BCUT2D eigenvalue weighted by atomic mass is 16.5. The predicted octanol–water partition coefficient (Wildman–Crippen LogP) is 1.11. The number of hydrogen-bond donors (Lipinski definition) is 1. The first kappa shape index (κ1) is 17.9. The molecule has 138 valence electrons. The normalized spacial score (nSPS) is 15.4. The van der Waals surface area contributed by atoms with E-state index in [2.05, 4.69) is 34.3 Å². The Morgan fingerprint density at radius 2 is 1.84 bits per heavy atom. The number of anilines is 1. The van der Waals surface area contributed by atoms with Gasteiger partial charge in [0.1, 0.15) is 17.5 Å². The summed E-state index contributed by atoms with van der Waals surface area (Å²) in [6, 6.07) is 0. The fourth-order valence-electron chi connectivity index (χ4n) is 3.29. The van der Waals surface area contributed by atoms with Gasteiger partial charge in [-0.1, -0.05) is 13.8 Å². The molecule has 3 heterocycles. The molecule has 8 nitrogen and oxygen atoms in total. The first-order valence-corrected chi connectivity index (χ1v) is 8.93. The van der Waals surface area contributed by atoms with E-state index in [4.69, 9.17) is 9.84 Å². The van der Waals surface area contributed by atoms with Gasteiger partial charge in [-0.15, -0.1) is 10.2 Å².